The Kier molecular flexibility index (Phi) is 5.48. The van der Waals surface area contributed by atoms with Crippen LogP contribution < -0.4 is 19.5 Å². The third-order valence-electron chi connectivity index (χ3n) is 4.55. The van der Waals surface area contributed by atoms with Gasteiger partial charge in [0.05, 0.1) is 0 Å². The van der Waals surface area contributed by atoms with Crippen molar-refractivity contribution in [3.05, 3.63) is 53.1 Å². The maximum absolute atomic E-state index is 12.3. The summed E-state index contributed by atoms with van der Waals surface area (Å²) in [5, 5.41) is 3.96. The van der Waals surface area contributed by atoms with Crippen LogP contribution in [-0.2, 0) is 11.3 Å². The zero-order chi connectivity index (χ0) is 18.6. The normalized spacial score (nSPS) is 19.1. The highest BCUT2D eigenvalue weighted by Gasteiger charge is 2.31. The number of carbonyl (C=O) groups excluding carboxylic acids is 1. The Morgan fingerprint density at radius 3 is 2.63 bits per heavy atom. The Morgan fingerprint density at radius 1 is 1.11 bits per heavy atom. The average Bonchev–Trinajstić information content (AvgIpc) is 3.12. The van der Waals surface area contributed by atoms with Gasteiger partial charge in [0.25, 0.3) is 5.78 Å². The van der Waals surface area contributed by atoms with Gasteiger partial charge >= 0.3 is 6.29 Å². The molecule has 4 rings (SSSR count). The number of halogens is 1. The van der Waals surface area contributed by atoms with Crippen LogP contribution in [0.5, 0.6) is 17.2 Å². The van der Waals surface area contributed by atoms with Gasteiger partial charge in [-0.25, -0.2) is 0 Å². The molecule has 1 fully saturated rings. The smallest absolute Gasteiger partial charge is 0.304 e. The molecule has 6 nitrogen and oxygen atoms in total. The summed E-state index contributed by atoms with van der Waals surface area (Å²) in [5.41, 5.74) is 1.14. The van der Waals surface area contributed by atoms with Crippen LogP contribution in [0.25, 0.3) is 0 Å². The Bertz CT molecular complexity index is 806. The number of ether oxygens (including phenoxy) is 3. The van der Waals surface area contributed by atoms with Gasteiger partial charge in [0.15, 0.2) is 18.1 Å². The number of ketones is 1. The van der Waals surface area contributed by atoms with E-state index in [1.165, 1.54) is 0 Å². The first-order chi connectivity index (χ1) is 13.2. The number of piperazine rings is 1. The molecule has 1 saturated heterocycles. The number of carbonyl (C=O) groups is 1. The molecule has 0 aliphatic carbocycles. The summed E-state index contributed by atoms with van der Waals surface area (Å²) in [5.74, 6) is 1.49. The van der Waals surface area contributed by atoms with Crippen molar-refractivity contribution in [3.63, 3.8) is 0 Å². The first-order valence-electron chi connectivity index (χ1n) is 8.98. The lowest BCUT2D eigenvalue weighted by Gasteiger charge is -2.27. The highest BCUT2D eigenvalue weighted by molar-refractivity contribution is 6.30. The minimum absolute atomic E-state index is 0.131. The van der Waals surface area contributed by atoms with E-state index in [0.717, 1.165) is 38.3 Å². The standard InChI is InChI=1S/C20H21ClN2O4/c21-15-2-4-16(5-3-15)25-13-17(24)20-26-18-6-1-14(11-19(18)27-20)12-23-9-7-22-8-10-23/h1-6,11,20,22H,7-10,12-13H2. The van der Waals surface area contributed by atoms with Crippen LogP contribution in [0.4, 0.5) is 0 Å². The van der Waals surface area contributed by atoms with Gasteiger partial charge in [-0.05, 0) is 42.0 Å². The fraction of sp³-hybridized carbons (Fsp3) is 0.350. The predicted octanol–water partition coefficient (Wildman–Crippen LogP) is 2.49. The molecule has 1 unspecified atom stereocenters. The SMILES string of the molecule is O=C(COc1ccc(Cl)cc1)C1Oc2ccc(CN3CCNCC3)cc2O1. The van der Waals surface area contributed by atoms with E-state index in [2.05, 4.69) is 10.2 Å². The average molecular weight is 389 g/mol. The van der Waals surface area contributed by atoms with E-state index in [-0.39, 0.29) is 12.4 Å². The number of fused-ring (bicyclic) bond motifs is 1. The zero-order valence-electron chi connectivity index (χ0n) is 14.8. The topological polar surface area (TPSA) is 60.0 Å². The van der Waals surface area contributed by atoms with E-state index >= 15 is 0 Å². The summed E-state index contributed by atoms with van der Waals surface area (Å²) in [6, 6.07) is 12.7. The number of nitrogens with zero attached hydrogens (tertiary/aromatic N) is 1. The lowest BCUT2D eigenvalue weighted by molar-refractivity contribution is -0.136. The summed E-state index contributed by atoms with van der Waals surface area (Å²) < 4.78 is 16.8. The molecule has 2 aliphatic rings. The highest BCUT2D eigenvalue weighted by atomic mass is 35.5. The maximum atomic E-state index is 12.3. The molecule has 7 heteroatoms. The van der Waals surface area contributed by atoms with Gasteiger partial charge in [-0.3, -0.25) is 9.69 Å². The second kappa shape index (κ2) is 8.17. The lowest BCUT2D eigenvalue weighted by atomic mass is 10.2. The number of hydrogen-bond acceptors (Lipinski definition) is 6. The van der Waals surface area contributed by atoms with Gasteiger partial charge in [-0.15, -0.1) is 0 Å². The molecular weight excluding hydrogens is 368 g/mol. The van der Waals surface area contributed by atoms with E-state index in [1.54, 1.807) is 24.3 Å². The third-order valence-corrected chi connectivity index (χ3v) is 4.80. The second-order valence-electron chi connectivity index (χ2n) is 6.58. The molecule has 0 amide bonds. The molecular formula is C20H21ClN2O4. The zero-order valence-corrected chi connectivity index (χ0v) is 15.6. The molecule has 2 aliphatic heterocycles. The molecule has 2 aromatic carbocycles. The highest BCUT2D eigenvalue weighted by Crippen LogP contribution is 2.36. The van der Waals surface area contributed by atoms with Gasteiger partial charge in [0.2, 0.25) is 0 Å². The summed E-state index contributed by atoms with van der Waals surface area (Å²) in [6.45, 7) is 4.79. The van der Waals surface area contributed by atoms with Crippen LogP contribution in [0.3, 0.4) is 0 Å². The first-order valence-corrected chi connectivity index (χ1v) is 9.35. The van der Waals surface area contributed by atoms with Crippen molar-refractivity contribution in [1.29, 1.82) is 0 Å². The number of rotatable bonds is 6. The van der Waals surface area contributed by atoms with E-state index in [9.17, 15) is 4.79 Å². The van der Waals surface area contributed by atoms with E-state index in [0.29, 0.717) is 22.3 Å². The quantitative estimate of drug-likeness (QED) is 0.820. The van der Waals surface area contributed by atoms with E-state index < -0.39 is 6.29 Å². The van der Waals surface area contributed by atoms with Crippen LogP contribution in [0.15, 0.2) is 42.5 Å². The van der Waals surface area contributed by atoms with Crippen molar-refractivity contribution in [3.8, 4) is 17.2 Å². The number of benzene rings is 2. The Morgan fingerprint density at radius 2 is 1.85 bits per heavy atom. The molecule has 27 heavy (non-hydrogen) atoms. The Balaban J connectivity index is 1.32. The fourth-order valence-electron chi connectivity index (χ4n) is 3.11. The molecule has 0 radical (unpaired) electrons. The third kappa shape index (κ3) is 4.53. The van der Waals surface area contributed by atoms with Crippen LogP contribution >= 0.6 is 11.6 Å². The number of hydrogen-bond donors (Lipinski definition) is 1. The molecule has 142 valence electrons. The molecule has 2 heterocycles. The van der Waals surface area contributed by atoms with E-state index in [1.807, 2.05) is 18.2 Å². The van der Waals surface area contributed by atoms with Crippen molar-refractivity contribution in [2.45, 2.75) is 12.8 Å². The van der Waals surface area contributed by atoms with Gasteiger partial charge in [-0.2, -0.15) is 0 Å². The summed E-state index contributed by atoms with van der Waals surface area (Å²) in [4.78, 5) is 14.7. The van der Waals surface area contributed by atoms with Crippen LogP contribution in [-0.4, -0.2) is 49.8 Å². The number of Topliss-reactive ketones (excluding diaryl/α,β-unsaturated/α-hetero) is 1. The van der Waals surface area contributed by atoms with Crippen molar-refractivity contribution in [2.24, 2.45) is 0 Å². The van der Waals surface area contributed by atoms with Crippen LogP contribution in [0, 0.1) is 0 Å². The molecule has 2 aromatic rings. The first kappa shape index (κ1) is 18.1. The Labute approximate surface area is 163 Å². The maximum Gasteiger partial charge on any atom is 0.304 e. The monoisotopic (exact) mass is 388 g/mol. The minimum atomic E-state index is -0.971. The van der Waals surface area contributed by atoms with Crippen molar-refractivity contribution >= 4 is 17.4 Å². The number of nitrogens with one attached hydrogen (secondary N) is 1. The van der Waals surface area contributed by atoms with Crippen molar-refractivity contribution in [2.75, 3.05) is 32.8 Å². The summed E-state index contributed by atoms with van der Waals surface area (Å²) in [7, 11) is 0. The largest absolute Gasteiger partial charge is 0.486 e. The molecule has 0 aromatic heterocycles. The van der Waals surface area contributed by atoms with Crippen LogP contribution in [0.1, 0.15) is 5.56 Å². The second-order valence-corrected chi connectivity index (χ2v) is 7.02. The van der Waals surface area contributed by atoms with Crippen molar-refractivity contribution in [1.82, 2.24) is 10.2 Å². The van der Waals surface area contributed by atoms with Gasteiger partial charge in [0.1, 0.15) is 5.75 Å². The summed E-state index contributed by atoms with van der Waals surface area (Å²) >= 11 is 5.84. The molecule has 0 spiro atoms. The molecule has 1 atom stereocenters. The molecule has 0 bridgehead atoms. The van der Waals surface area contributed by atoms with Crippen molar-refractivity contribution < 1.29 is 19.0 Å². The molecule has 0 saturated carbocycles. The fourth-order valence-corrected chi connectivity index (χ4v) is 3.23. The summed E-state index contributed by atoms with van der Waals surface area (Å²) in [6.07, 6.45) is -0.971. The van der Waals surface area contributed by atoms with Gasteiger partial charge < -0.3 is 19.5 Å². The Hall–Kier alpha value is -2.28. The molecule has 1 N–H and O–H groups in total. The van der Waals surface area contributed by atoms with Gasteiger partial charge in [-0.1, -0.05) is 17.7 Å². The van der Waals surface area contributed by atoms with Crippen LogP contribution in [0.2, 0.25) is 5.02 Å². The predicted molar refractivity (Wildman–Crippen MR) is 102 cm³/mol. The minimum Gasteiger partial charge on any atom is -0.486 e. The van der Waals surface area contributed by atoms with Gasteiger partial charge in [0, 0.05) is 37.7 Å². The van der Waals surface area contributed by atoms with E-state index in [4.69, 9.17) is 25.8 Å². The lowest BCUT2D eigenvalue weighted by Crippen LogP contribution is -2.42.